The van der Waals surface area contributed by atoms with Crippen LogP contribution in [0, 0.1) is 0 Å². The molecule has 3 aromatic rings. The number of thiophene rings is 1. The van der Waals surface area contributed by atoms with Crippen LogP contribution in [0.25, 0.3) is 0 Å². The van der Waals surface area contributed by atoms with E-state index in [0.29, 0.717) is 22.9 Å². The van der Waals surface area contributed by atoms with E-state index in [9.17, 15) is 4.79 Å². The Hall–Kier alpha value is -2.73. The molecular weight excluding hydrogens is 298 g/mol. The summed E-state index contributed by atoms with van der Waals surface area (Å²) >= 11 is 1.33. The molecule has 3 rings (SSSR count). The van der Waals surface area contributed by atoms with E-state index in [-0.39, 0.29) is 5.91 Å². The van der Waals surface area contributed by atoms with E-state index < -0.39 is 0 Å². The van der Waals surface area contributed by atoms with Gasteiger partial charge in [-0.25, -0.2) is 9.97 Å². The van der Waals surface area contributed by atoms with Crippen LogP contribution in [0.1, 0.15) is 15.2 Å². The Morgan fingerprint density at radius 1 is 1.14 bits per heavy atom. The minimum atomic E-state index is -0.229. The fourth-order valence-electron chi connectivity index (χ4n) is 1.86. The van der Waals surface area contributed by atoms with Crippen LogP contribution in [0.2, 0.25) is 0 Å². The van der Waals surface area contributed by atoms with Crippen molar-refractivity contribution >= 4 is 22.9 Å². The fraction of sp³-hybridized carbons (Fsp3) is 0.0625. The van der Waals surface area contributed by atoms with E-state index in [2.05, 4.69) is 15.3 Å². The molecule has 1 amide bonds. The maximum Gasteiger partial charge on any atom is 0.269 e. The molecule has 0 saturated carbocycles. The van der Waals surface area contributed by atoms with Crippen LogP contribution in [0.4, 0.5) is 5.69 Å². The minimum Gasteiger partial charge on any atom is -0.487 e. The number of aromatic nitrogens is 2. The number of hydrogen-bond donors (Lipinski definition) is 1. The maximum atomic E-state index is 12.3. The molecule has 5 nitrogen and oxygen atoms in total. The summed E-state index contributed by atoms with van der Waals surface area (Å²) in [6.45, 7) is 0.423. The number of nitrogens with one attached hydrogen (secondary N) is 1. The molecule has 2 aromatic heterocycles. The van der Waals surface area contributed by atoms with Gasteiger partial charge in [-0.15, -0.1) is 11.3 Å². The molecule has 0 radical (unpaired) electrons. The molecule has 1 aromatic carbocycles. The number of rotatable bonds is 5. The topological polar surface area (TPSA) is 64.1 Å². The molecular formula is C16H13N3O2S. The van der Waals surface area contributed by atoms with Crippen LogP contribution in [0.15, 0.2) is 60.5 Å². The molecule has 1 N–H and O–H groups in total. The van der Waals surface area contributed by atoms with Gasteiger partial charge >= 0.3 is 0 Å². The zero-order valence-corrected chi connectivity index (χ0v) is 12.4. The molecule has 0 fully saturated rings. The number of carbonyl (C=O) groups excluding carboxylic acids is 1. The van der Waals surface area contributed by atoms with Crippen molar-refractivity contribution in [1.29, 1.82) is 0 Å². The van der Waals surface area contributed by atoms with Gasteiger partial charge in [0.05, 0.1) is 18.1 Å². The van der Waals surface area contributed by atoms with E-state index in [1.54, 1.807) is 18.5 Å². The van der Waals surface area contributed by atoms with Gasteiger partial charge in [0.1, 0.15) is 23.6 Å². The molecule has 110 valence electrons. The summed E-state index contributed by atoms with van der Waals surface area (Å²) in [5.74, 6) is 0.344. The number of amides is 1. The normalized spacial score (nSPS) is 10.2. The number of anilines is 1. The molecule has 0 unspecified atom stereocenters. The summed E-state index contributed by atoms with van der Waals surface area (Å²) < 4.78 is 5.74. The van der Waals surface area contributed by atoms with Crippen LogP contribution in [-0.4, -0.2) is 15.9 Å². The highest BCUT2D eigenvalue weighted by Gasteiger charge is 2.15. The number of hydrogen-bond acceptors (Lipinski definition) is 5. The van der Waals surface area contributed by atoms with Crippen molar-refractivity contribution in [3.63, 3.8) is 0 Å². The van der Waals surface area contributed by atoms with E-state index >= 15 is 0 Å². The van der Waals surface area contributed by atoms with Crippen LogP contribution >= 0.6 is 11.3 Å². The molecule has 0 spiro atoms. The molecule has 2 heterocycles. The Bertz CT molecular complexity index is 744. The molecule has 0 aliphatic rings. The Morgan fingerprint density at radius 2 is 1.91 bits per heavy atom. The molecule has 22 heavy (non-hydrogen) atoms. The molecule has 6 heteroatoms. The van der Waals surface area contributed by atoms with E-state index in [1.165, 1.54) is 17.7 Å². The van der Waals surface area contributed by atoms with Gasteiger partial charge in [0, 0.05) is 0 Å². The zero-order chi connectivity index (χ0) is 15.2. The van der Waals surface area contributed by atoms with Crippen LogP contribution in [0.5, 0.6) is 5.75 Å². The van der Waals surface area contributed by atoms with Gasteiger partial charge < -0.3 is 10.1 Å². The Labute approximate surface area is 131 Å². The minimum absolute atomic E-state index is 0.229. The van der Waals surface area contributed by atoms with Gasteiger partial charge in [-0.1, -0.05) is 30.3 Å². The Balaban J connectivity index is 1.68. The summed E-state index contributed by atoms with van der Waals surface area (Å²) in [4.78, 5) is 20.5. The molecule has 0 atom stereocenters. The zero-order valence-electron chi connectivity index (χ0n) is 11.6. The van der Waals surface area contributed by atoms with Gasteiger partial charge in [0.15, 0.2) is 0 Å². The second-order valence-electron chi connectivity index (χ2n) is 4.47. The maximum absolute atomic E-state index is 12.3. The van der Waals surface area contributed by atoms with Gasteiger partial charge in [-0.05, 0) is 17.0 Å². The standard InChI is InChI=1S/C16H13N3O2S/c20-16(19-13-8-17-11-18-9-13)15-14(6-7-22-15)21-10-12-4-2-1-3-5-12/h1-9,11H,10H2,(H,19,20). The predicted molar refractivity (Wildman–Crippen MR) is 85.1 cm³/mol. The predicted octanol–water partition coefficient (Wildman–Crippen LogP) is 3.37. The lowest BCUT2D eigenvalue weighted by molar-refractivity contribution is 0.102. The third kappa shape index (κ3) is 3.48. The lowest BCUT2D eigenvalue weighted by Gasteiger charge is -2.07. The summed E-state index contributed by atoms with van der Waals surface area (Å²) in [6, 6.07) is 11.6. The Kier molecular flexibility index (Phi) is 4.41. The summed E-state index contributed by atoms with van der Waals surface area (Å²) in [5, 5.41) is 4.58. The second-order valence-corrected chi connectivity index (χ2v) is 5.39. The van der Waals surface area contributed by atoms with Crippen molar-refractivity contribution in [1.82, 2.24) is 9.97 Å². The average molecular weight is 311 g/mol. The smallest absolute Gasteiger partial charge is 0.269 e. The lowest BCUT2D eigenvalue weighted by atomic mass is 10.2. The quantitative estimate of drug-likeness (QED) is 0.784. The average Bonchev–Trinajstić information content (AvgIpc) is 3.03. The number of benzene rings is 1. The van der Waals surface area contributed by atoms with Gasteiger partial charge in [-0.3, -0.25) is 4.79 Å². The van der Waals surface area contributed by atoms with Crippen molar-refractivity contribution < 1.29 is 9.53 Å². The highest BCUT2D eigenvalue weighted by molar-refractivity contribution is 7.12. The van der Waals surface area contributed by atoms with Crippen molar-refractivity contribution in [2.75, 3.05) is 5.32 Å². The van der Waals surface area contributed by atoms with Crippen molar-refractivity contribution in [3.05, 3.63) is 70.9 Å². The number of ether oxygens (including phenoxy) is 1. The van der Waals surface area contributed by atoms with Gasteiger partial charge in [0.25, 0.3) is 5.91 Å². The second kappa shape index (κ2) is 6.82. The molecule has 0 aliphatic heterocycles. The van der Waals surface area contributed by atoms with E-state index in [0.717, 1.165) is 5.56 Å². The van der Waals surface area contributed by atoms with Gasteiger partial charge in [0.2, 0.25) is 0 Å². The van der Waals surface area contributed by atoms with Crippen molar-refractivity contribution in [2.24, 2.45) is 0 Å². The van der Waals surface area contributed by atoms with Crippen LogP contribution in [-0.2, 0) is 6.61 Å². The largest absolute Gasteiger partial charge is 0.487 e. The number of carbonyl (C=O) groups is 1. The highest BCUT2D eigenvalue weighted by Crippen LogP contribution is 2.26. The first-order valence-electron chi connectivity index (χ1n) is 6.63. The number of nitrogens with zero attached hydrogens (tertiary/aromatic N) is 2. The van der Waals surface area contributed by atoms with Crippen LogP contribution < -0.4 is 10.1 Å². The molecule has 0 saturated heterocycles. The first-order chi connectivity index (χ1) is 10.8. The lowest BCUT2D eigenvalue weighted by Crippen LogP contribution is -2.12. The van der Waals surface area contributed by atoms with E-state index in [4.69, 9.17) is 4.74 Å². The SMILES string of the molecule is O=C(Nc1cncnc1)c1sccc1OCc1ccccc1. The highest BCUT2D eigenvalue weighted by atomic mass is 32.1. The van der Waals surface area contributed by atoms with Crippen molar-refractivity contribution in [3.8, 4) is 5.75 Å². The fourth-order valence-corrected chi connectivity index (χ4v) is 2.59. The third-order valence-electron chi connectivity index (χ3n) is 2.89. The summed E-state index contributed by atoms with van der Waals surface area (Å²) in [6.07, 6.45) is 4.50. The van der Waals surface area contributed by atoms with Gasteiger partial charge in [-0.2, -0.15) is 0 Å². The monoisotopic (exact) mass is 311 g/mol. The van der Waals surface area contributed by atoms with E-state index in [1.807, 2.05) is 35.7 Å². The third-order valence-corrected chi connectivity index (χ3v) is 3.79. The first-order valence-corrected chi connectivity index (χ1v) is 7.51. The van der Waals surface area contributed by atoms with Crippen molar-refractivity contribution in [2.45, 2.75) is 6.61 Å². The molecule has 0 aliphatic carbocycles. The first kappa shape index (κ1) is 14.2. The Morgan fingerprint density at radius 3 is 2.68 bits per heavy atom. The van der Waals surface area contributed by atoms with Crippen LogP contribution in [0.3, 0.4) is 0 Å². The summed E-state index contributed by atoms with van der Waals surface area (Å²) in [7, 11) is 0. The summed E-state index contributed by atoms with van der Waals surface area (Å²) in [5.41, 5.74) is 1.60. The molecule has 0 bridgehead atoms.